The summed E-state index contributed by atoms with van der Waals surface area (Å²) in [5.74, 6) is 0.894. The predicted octanol–water partition coefficient (Wildman–Crippen LogP) is 6.01. The van der Waals surface area contributed by atoms with Gasteiger partial charge in [0.15, 0.2) is 5.84 Å². The molecule has 4 aromatic rings. The molecule has 0 unspecified atom stereocenters. The van der Waals surface area contributed by atoms with Crippen molar-refractivity contribution in [2.45, 2.75) is 0 Å². The van der Waals surface area contributed by atoms with Gasteiger partial charge < -0.3 is 5.32 Å². The van der Waals surface area contributed by atoms with Gasteiger partial charge in [-0.25, -0.2) is 4.99 Å². The molecule has 3 nitrogen and oxygen atoms in total. The highest BCUT2D eigenvalue weighted by molar-refractivity contribution is 6.10. The van der Waals surface area contributed by atoms with Gasteiger partial charge in [0.1, 0.15) is 5.84 Å². The number of aliphatic imine (C=N–C) groups is 1. The van der Waals surface area contributed by atoms with Gasteiger partial charge in [-0.15, -0.1) is 0 Å². The molecule has 2 N–H and O–H groups in total. The topological polar surface area (TPSA) is 48.2 Å². The monoisotopic (exact) mass is 389 g/mol. The van der Waals surface area contributed by atoms with E-state index in [1.54, 1.807) is 0 Å². The van der Waals surface area contributed by atoms with Crippen molar-refractivity contribution in [1.82, 2.24) is 5.32 Å². The molecule has 0 saturated carbocycles. The Balaban J connectivity index is 1.64. The third kappa shape index (κ3) is 4.36. The van der Waals surface area contributed by atoms with Crippen LogP contribution in [0.4, 0.5) is 0 Å². The van der Waals surface area contributed by atoms with Gasteiger partial charge >= 0.3 is 0 Å². The number of nitrogens with zero attached hydrogens (tertiary/aromatic N) is 1. The molecule has 146 valence electrons. The first-order valence-electron chi connectivity index (χ1n) is 9.91. The van der Waals surface area contributed by atoms with Gasteiger partial charge in [0, 0.05) is 18.2 Å². The van der Waals surface area contributed by atoms with Gasteiger partial charge in [0.2, 0.25) is 0 Å². The molecule has 0 atom stereocenters. The number of rotatable bonds is 4. The van der Waals surface area contributed by atoms with Crippen molar-refractivity contribution in [1.29, 1.82) is 5.41 Å². The van der Waals surface area contributed by atoms with E-state index in [0.29, 0.717) is 5.84 Å². The number of hydrogen-bond donors (Lipinski definition) is 2. The second-order valence-corrected chi connectivity index (χ2v) is 6.95. The molecule has 0 aromatic heterocycles. The van der Waals surface area contributed by atoms with Crippen LogP contribution in [0.2, 0.25) is 0 Å². The minimum absolute atomic E-state index is 0.224. The SMILES string of the molecule is CN/C(=N\C(=N)c1cccc(-c2ccccc2)c1)c1cccc(-c2ccccc2)c1. The van der Waals surface area contributed by atoms with Crippen LogP contribution in [-0.4, -0.2) is 18.7 Å². The Hall–Kier alpha value is -3.98. The summed E-state index contributed by atoms with van der Waals surface area (Å²) in [6.07, 6.45) is 0. The standard InChI is InChI=1S/C27H23N3/c1-29-27(25-17-9-15-23(19-25)21-12-6-3-7-13-21)30-26(28)24-16-8-14-22(18-24)20-10-4-2-5-11-20/h2-19H,1H3,(H2,28,29,30). The van der Waals surface area contributed by atoms with Crippen LogP contribution in [0, 0.1) is 5.41 Å². The van der Waals surface area contributed by atoms with Gasteiger partial charge in [-0.1, -0.05) is 97.1 Å². The average Bonchev–Trinajstić information content (AvgIpc) is 2.83. The van der Waals surface area contributed by atoms with E-state index < -0.39 is 0 Å². The molecule has 0 radical (unpaired) electrons. The molecule has 4 rings (SSSR count). The Kier molecular flexibility index (Phi) is 5.81. The van der Waals surface area contributed by atoms with Crippen LogP contribution >= 0.6 is 0 Å². The molecule has 0 saturated heterocycles. The third-order valence-electron chi connectivity index (χ3n) is 4.95. The number of nitrogens with one attached hydrogen (secondary N) is 2. The van der Waals surface area contributed by atoms with Gasteiger partial charge in [-0.3, -0.25) is 5.41 Å². The lowest BCUT2D eigenvalue weighted by Gasteiger charge is -2.10. The molecule has 0 aliphatic heterocycles. The van der Waals surface area contributed by atoms with E-state index >= 15 is 0 Å². The fourth-order valence-corrected chi connectivity index (χ4v) is 3.39. The van der Waals surface area contributed by atoms with Gasteiger partial charge in [-0.05, 0) is 34.4 Å². The molecule has 4 aromatic carbocycles. The highest BCUT2D eigenvalue weighted by Gasteiger charge is 2.08. The van der Waals surface area contributed by atoms with Crippen LogP contribution in [0.3, 0.4) is 0 Å². The van der Waals surface area contributed by atoms with Crippen molar-refractivity contribution in [3.8, 4) is 22.3 Å². The Bertz CT molecular complexity index is 1180. The minimum atomic E-state index is 0.224. The minimum Gasteiger partial charge on any atom is -0.373 e. The van der Waals surface area contributed by atoms with Crippen molar-refractivity contribution in [2.75, 3.05) is 7.05 Å². The van der Waals surface area contributed by atoms with Gasteiger partial charge in [-0.2, -0.15) is 0 Å². The maximum Gasteiger partial charge on any atom is 0.154 e. The first kappa shape index (κ1) is 19.3. The molecule has 30 heavy (non-hydrogen) atoms. The zero-order chi connectivity index (χ0) is 20.8. The largest absolute Gasteiger partial charge is 0.373 e. The summed E-state index contributed by atoms with van der Waals surface area (Å²) in [6, 6.07) is 36.6. The summed E-state index contributed by atoms with van der Waals surface area (Å²) < 4.78 is 0. The van der Waals surface area contributed by atoms with Crippen molar-refractivity contribution in [2.24, 2.45) is 4.99 Å². The van der Waals surface area contributed by atoms with Crippen LogP contribution in [0.1, 0.15) is 11.1 Å². The van der Waals surface area contributed by atoms with E-state index in [-0.39, 0.29) is 5.84 Å². The molecule has 0 aliphatic carbocycles. The smallest absolute Gasteiger partial charge is 0.154 e. The van der Waals surface area contributed by atoms with E-state index in [0.717, 1.165) is 33.4 Å². The zero-order valence-corrected chi connectivity index (χ0v) is 16.8. The Morgan fingerprint density at radius 2 is 1.07 bits per heavy atom. The maximum atomic E-state index is 8.56. The Labute approximate surface area is 177 Å². The highest BCUT2D eigenvalue weighted by Crippen LogP contribution is 2.22. The van der Waals surface area contributed by atoms with Crippen molar-refractivity contribution in [3.63, 3.8) is 0 Å². The Morgan fingerprint density at radius 1 is 0.600 bits per heavy atom. The maximum absolute atomic E-state index is 8.56. The highest BCUT2D eigenvalue weighted by atomic mass is 15.0. The van der Waals surface area contributed by atoms with Gasteiger partial charge in [0.25, 0.3) is 0 Å². The summed E-state index contributed by atoms with van der Waals surface area (Å²) in [7, 11) is 1.84. The fourth-order valence-electron chi connectivity index (χ4n) is 3.39. The molecule has 0 heterocycles. The fraction of sp³-hybridized carbons (Fsp3) is 0.0370. The second-order valence-electron chi connectivity index (χ2n) is 6.95. The summed E-state index contributed by atoms with van der Waals surface area (Å²) in [5.41, 5.74) is 6.20. The van der Waals surface area contributed by atoms with E-state index in [4.69, 9.17) is 5.41 Å². The summed E-state index contributed by atoms with van der Waals surface area (Å²) in [5, 5.41) is 11.7. The molecule has 0 fully saturated rings. The van der Waals surface area contributed by atoms with Crippen molar-refractivity contribution in [3.05, 3.63) is 120 Å². The predicted molar refractivity (Wildman–Crippen MR) is 126 cm³/mol. The first-order chi connectivity index (χ1) is 14.7. The van der Waals surface area contributed by atoms with Crippen LogP contribution < -0.4 is 5.32 Å². The molecule has 0 amide bonds. The van der Waals surface area contributed by atoms with Crippen LogP contribution in [0.5, 0.6) is 0 Å². The van der Waals surface area contributed by atoms with Crippen LogP contribution in [0.25, 0.3) is 22.3 Å². The van der Waals surface area contributed by atoms with Crippen molar-refractivity contribution >= 4 is 11.7 Å². The Morgan fingerprint density at radius 3 is 1.60 bits per heavy atom. The normalized spacial score (nSPS) is 11.2. The van der Waals surface area contributed by atoms with E-state index in [2.05, 4.69) is 52.8 Å². The van der Waals surface area contributed by atoms with E-state index in [1.165, 1.54) is 0 Å². The molecular weight excluding hydrogens is 366 g/mol. The lowest BCUT2D eigenvalue weighted by molar-refractivity contribution is 1.16. The molecule has 0 aliphatic rings. The van der Waals surface area contributed by atoms with E-state index in [1.807, 2.05) is 73.8 Å². The number of benzene rings is 4. The van der Waals surface area contributed by atoms with Gasteiger partial charge in [0.05, 0.1) is 0 Å². The lowest BCUT2D eigenvalue weighted by atomic mass is 10.0. The number of hydrogen-bond acceptors (Lipinski definition) is 1. The average molecular weight is 390 g/mol. The van der Waals surface area contributed by atoms with Crippen molar-refractivity contribution < 1.29 is 0 Å². The summed E-state index contributed by atoms with van der Waals surface area (Å²) in [4.78, 5) is 4.59. The zero-order valence-electron chi connectivity index (χ0n) is 16.8. The first-order valence-corrected chi connectivity index (χ1v) is 9.91. The summed E-state index contributed by atoms with van der Waals surface area (Å²) in [6.45, 7) is 0. The van der Waals surface area contributed by atoms with Crippen LogP contribution in [-0.2, 0) is 0 Å². The third-order valence-corrected chi connectivity index (χ3v) is 4.95. The molecular formula is C27H23N3. The quantitative estimate of drug-likeness (QED) is 0.326. The molecule has 0 spiro atoms. The second kappa shape index (κ2) is 9.01. The molecule has 3 heteroatoms. The van der Waals surface area contributed by atoms with E-state index in [9.17, 15) is 0 Å². The summed E-state index contributed by atoms with van der Waals surface area (Å²) >= 11 is 0. The van der Waals surface area contributed by atoms with Crippen LogP contribution in [0.15, 0.2) is 114 Å². The number of amidine groups is 2. The molecule has 0 bridgehead atoms. The lowest BCUT2D eigenvalue weighted by Crippen LogP contribution is -2.21.